The number of rotatable bonds is 3. The lowest BCUT2D eigenvalue weighted by atomic mass is 10.1. The first-order chi connectivity index (χ1) is 12.2. The molecule has 1 aliphatic heterocycles. The van der Waals surface area contributed by atoms with Crippen LogP contribution in [0.15, 0.2) is 24.5 Å². The molecule has 0 spiro atoms. The van der Waals surface area contributed by atoms with Gasteiger partial charge in [0.2, 0.25) is 5.95 Å². The van der Waals surface area contributed by atoms with Gasteiger partial charge in [-0.3, -0.25) is 9.88 Å². The lowest BCUT2D eigenvalue weighted by Crippen LogP contribution is -2.50. The van der Waals surface area contributed by atoms with Crippen molar-refractivity contribution in [3.8, 4) is 11.1 Å². The van der Waals surface area contributed by atoms with E-state index in [9.17, 15) is 0 Å². The molecule has 0 radical (unpaired) electrons. The highest BCUT2D eigenvalue weighted by Gasteiger charge is 2.28. The largest absolute Gasteiger partial charge is 0.368 e. The van der Waals surface area contributed by atoms with Crippen molar-refractivity contribution in [1.29, 1.82) is 0 Å². The fourth-order valence-electron chi connectivity index (χ4n) is 4.22. The van der Waals surface area contributed by atoms with Crippen molar-refractivity contribution in [2.75, 3.05) is 36.8 Å². The summed E-state index contributed by atoms with van der Waals surface area (Å²) >= 11 is 0. The van der Waals surface area contributed by atoms with Crippen LogP contribution in [0.4, 0.5) is 11.8 Å². The van der Waals surface area contributed by atoms with Crippen LogP contribution in [-0.2, 0) is 0 Å². The third-order valence-corrected chi connectivity index (χ3v) is 5.49. The summed E-state index contributed by atoms with van der Waals surface area (Å²) in [5.74, 6) is 1.29. The van der Waals surface area contributed by atoms with Gasteiger partial charge in [0.15, 0.2) is 0 Å². The van der Waals surface area contributed by atoms with E-state index in [0.29, 0.717) is 5.95 Å². The second kappa shape index (κ2) is 6.96. The van der Waals surface area contributed by atoms with Crippen LogP contribution in [0.3, 0.4) is 0 Å². The summed E-state index contributed by atoms with van der Waals surface area (Å²) in [5.41, 5.74) is 8.98. The van der Waals surface area contributed by atoms with Crippen LogP contribution in [0.25, 0.3) is 11.1 Å². The Labute approximate surface area is 149 Å². The topological polar surface area (TPSA) is 71.2 Å². The standard InChI is InChI=1S/C19H26N6/c1-14-17(15-5-4-8-21-13-15)18(23-19(20)22-14)25-11-9-24(10-12-25)16-6-2-3-7-16/h4-5,8,13,16H,2-3,6-7,9-12H2,1H3,(H2,20,22,23). The molecule has 25 heavy (non-hydrogen) atoms. The molecule has 0 bridgehead atoms. The van der Waals surface area contributed by atoms with Crippen molar-refractivity contribution in [3.63, 3.8) is 0 Å². The molecule has 0 amide bonds. The van der Waals surface area contributed by atoms with Gasteiger partial charge < -0.3 is 10.6 Å². The number of pyridine rings is 1. The quantitative estimate of drug-likeness (QED) is 0.927. The second-order valence-corrected chi connectivity index (χ2v) is 7.07. The zero-order valence-corrected chi connectivity index (χ0v) is 14.9. The molecule has 2 N–H and O–H groups in total. The van der Waals surface area contributed by atoms with Crippen LogP contribution in [0.2, 0.25) is 0 Å². The number of piperazine rings is 1. The molecule has 1 saturated carbocycles. The summed E-state index contributed by atoms with van der Waals surface area (Å²) in [6.45, 7) is 6.16. The minimum absolute atomic E-state index is 0.346. The van der Waals surface area contributed by atoms with Crippen LogP contribution in [0.1, 0.15) is 31.4 Å². The monoisotopic (exact) mass is 338 g/mol. The van der Waals surface area contributed by atoms with Crippen molar-refractivity contribution >= 4 is 11.8 Å². The van der Waals surface area contributed by atoms with E-state index in [1.807, 2.05) is 19.2 Å². The predicted octanol–water partition coefficient (Wildman–Crippen LogP) is 2.49. The first-order valence-electron chi connectivity index (χ1n) is 9.26. The molecule has 4 rings (SSSR count). The first kappa shape index (κ1) is 16.3. The Balaban J connectivity index is 1.60. The number of aromatic nitrogens is 3. The summed E-state index contributed by atoms with van der Waals surface area (Å²) in [7, 11) is 0. The van der Waals surface area contributed by atoms with Gasteiger partial charge in [-0.2, -0.15) is 4.98 Å². The van der Waals surface area contributed by atoms with Crippen molar-refractivity contribution < 1.29 is 0 Å². The summed E-state index contributed by atoms with van der Waals surface area (Å²) in [5, 5.41) is 0. The molecule has 0 unspecified atom stereocenters. The Kier molecular flexibility index (Phi) is 4.53. The highest BCUT2D eigenvalue weighted by Crippen LogP contribution is 2.33. The van der Waals surface area contributed by atoms with Crippen molar-refractivity contribution in [3.05, 3.63) is 30.2 Å². The number of aryl methyl sites for hydroxylation is 1. The Morgan fingerprint density at radius 2 is 1.84 bits per heavy atom. The molecule has 3 heterocycles. The van der Waals surface area contributed by atoms with Gasteiger partial charge in [0.05, 0.1) is 5.69 Å². The van der Waals surface area contributed by atoms with E-state index in [1.54, 1.807) is 6.20 Å². The molecule has 6 heteroatoms. The fraction of sp³-hybridized carbons (Fsp3) is 0.526. The number of hydrogen-bond donors (Lipinski definition) is 1. The average Bonchev–Trinajstić information content (AvgIpc) is 3.17. The maximum Gasteiger partial charge on any atom is 0.222 e. The van der Waals surface area contributed by atoms with Crippen LogP contribution >= 0.6 is 0 Å². The van der Waals surface area contributed by atoms with E-state index in [-0.39, 0.29) is 0 Å². The predicted molar refractivity (Wildman–Crippen MR) is 100 cm³/mol. The summed E-state index contributed by atoms with van der Waals surface area (Å²) in [4.78, 5) is 18.3. The van der Waals surface area contributed by atoms with Crippen molar-refractivity contribution in [1.82, 2.24) is 19.9 Å². The zero-order valence-electron chi connectivity index (χ0n) is 14.9. The third kappa shape index (κ3) is 3.31. The van der Waals surface area contributed by atoms with Crippen molar-refractivity contribution in [2.45, 2.75) is 38.6 Å². The van der Waals surface area contributed by atoms with Gasteiger partial charge in [-0.15, -0.1) is 0 Å². The van der Waals surface area contributed by atoms with Gasteiger partial charge in [0, 0.05) is 55.7 Å². The minimum atomic E-state index is 0.346. The molecule has 2 aromatic rings. The molecule has 1 aliphatic carbocycles. The summed E-state index contributed by atoms with van der Waals surface area (Å²) < 4.78 is 0. The Hall–Kier alpha value is -2.21. The molecule has 2 aromatic heterocycles. The van der Waals surface area contributed by atoms with Gasteiger partial charge in [-0.25, -0.2) is 4.98 Å². The van der Waals surface area contributed by atoms with E-state index < -0.39 is 0 Å². The molecule has 132 valence electrons. The maximum atomic E-state index is 5.96. The zero-order chi connectivity index (χ0) is 17.2. The average molecular weight is 338 g/mol. The van der Waals surface area contributed by atoms with E-state index in [1.165, 1.54) is 25.7 Å². The number of nitrogens with two attached hydrogens (primary N) is 1. The van der Waals surface area contributed by atoms with Crippen LogP contribution < -0.4 is 10.6 Å². The molecule has 1 saturated heterocycles. The van der Waals surface area contributed by atoms with Crippen LogP contribution in [-0.4, -0.2) is 52.1 Å². The fourth-order valence-corrected chi connectivity index (χ4v) is 4.22. The van der Waals surface area contributed by atoms with Crippen LogP contribution in [0.5, 0.6) is 0 Å². The molecule has 6 nitrogen and oxygen atoms in total. The summed E-state index contributed by atoms with van der Waals surface area (Å²) in [6.07, 6.45) is 9.16. The molecule has 0 aromatic carbocycles. The second-order valence-electron chi connectivity index (χ2n) is 7.07. The Morgan fingerprint density at radius 3 is 2.52 bits per heavy atom. The van der Waals surface area contributed by atoms with Gasteiger partial charge in [-0.1, -0.05) is 18.9 Å². The van der Waals surface area contributed by atoms with E-state index in [4.69, 9.17) is 5.73 Å². The number of hydrogen-bond acceptors (Lipinski definition) is 6. The van der Waals surface area contributed by atoms with Crippen molar-refractivity contribution in [2.24, 2.45) is 0 Å². The Bertz CT molecular complexity index is 718. The lowest BCUT2D eigenvalue weighted by Gasteiger charge is -2.39. The Morgan fingerprint density at radius 1 is 1.08 bits per heavy atom. The number of nitrogens with zero attached hydrogens (tertiary/aromatic N) is 5. The van der Waals surface area contributed by atoms with Crippen LogP contribution in [0, 0.1) is 6.92 Å². The maximum absolute atomic E-state index is 5.96. The third-order valence-electron chi connectivity index (χ3n) is 5.49. The van der Waals surface area contributed by atoms with Gasteiger partial charge in [-0.05, 0) is 25.8 Å². The van der Waals surface area contributed by atoms with E-state index in [2.05, 4.69) is 30.8 Å². The smallest absolute Gasteiger partial charge is 0.222 e. The summed E-state index contributed by atoms with van der Waals surface area (Å²) in [6, 6.07) is 4.80. The van der Waals surface area contributed by atoms with Gasteiger partial charge >= 0.3 is 0 Å². The van der Waals surface area contributed by atoms with Gasteiger partial charge in [0.25, 0.3) is 0 Å². The highest BCUT2D eigenvalue weighted by atomic mass is 15.3. The molecule has 2 fully saturated rings. The molecular formula is C19H26N6. The first-order valence-corrected chi connectivity index (χ1v) is 9.26. The molecule has 2 aliphatic rings. The lowest BCUT2D eigenvalue weighted by molar-refractivity contribution is 0.187. The number of anilines is 2. The minimum Gasteiger partial charge on any atom is -0.368 e. The van der Waals surface area contributed by atoms with E-state index >= 15 is 0 Å². The van der Waals surface area contributed by atoms with E-state index in [0.717, 1.165) is 54.9 Å². The highest BCUT2D eigenvalue weighted by molar-refractivity contribution is 5.78. The number of nitrogen functional groups attached to an aromatic ring is 1. The van der Waals surface area contributed by atoms with Gasteiger partial charge in [0.1, 0.15) is 5.82 Å². The normalized spacial score (nSPS) is 19.5. The molecule has 0 atom stereocenters. The SMILES string of the molecule is Cc1nc(N)nc(N2CCN(C3CCCC3)CC2)c1-c1cccnc1. The molecular weight excluding hydrogens is 312 g/mol.